The van der Waals surface area contributed by atoms with Gasteiger partial charge in [0.25, 0.3) is 0 Å². The average molecular weight is 375 g/mol. The van der Waals surface area contributed by atoms with Gasteiger partial charge in [0.05, 0.1) is 43.2 Å². The van der Waals surface area contributed by atoms with E-state index in [1.165, 1.54) is 11.8 Å². The van der Waals surface area contributed by atoms with E-state index in [1.54, 1.807) is 38.2 Å². The van der Waals surface area contributed by atoms with Gasteiger partial charge in [-0.05, 0) is 37.6 Å². The fourth-order valence-corrected chi connectivity index (χ4v) is 4.23. The molecule has 1 unspecified atom stereocenters. The van der Waals surface area contributed by atoms with Gasteiger partial charge in [0.1, 0.15) is 11.5 Å². The molecular weight excluding hydrogens is 354 g/mol. The third-order valence-electron chi connectivity index (χ3n) is 4.38. The van der Waals surface area contributed by atoms with E-state index in [0.717, 1.165) is 16.2 Å². The number of fused-ring (bicyclic) bond motifs is 1. The highest BCUT2D eigenvalue weighted by atomic mass is 32.2. The lowest BCUT2D eigenvalue weighted by molar-refractivity contribution is -0.139. The number of rotatable bonds is 5. The molecule has 0 radical (unpaired) electrons. The molecule has 0 spiro atoms. The standard InChI is InChI=1S/C19H21NO5S/c1-5-25-19(22)17-11(2)8-16-20(15(21)10-26-16)18(17)13-7-6-12(23-3)9-14(13)24-4/h6-9,18H,5,10H2,1-4H3. The molecule has 1 fully saturated rings. The minimum absolute atomic E-state index is 0.0431. The zero-order valence-electron chi connectivity index (χ0n) is 15.2. The first kappa shape index (κ1) is 18.4. The number of hydrogen-bond acceptors (Lipinski definition) is 6. The van der Waals surface area contributed by atoms with Gasteiger partial charge in [-0.1, -0.05) is 11.8 Å². The van der Waals surface area contributed by atoms with Crippen LogP contribution in [0.15, 0.2) is 40.5 Å². The lowest BCUT2D eigenvalue weighted by atomic mass is 9.90. The first-order valence-corrected chi connectivity index (χ1v) is 9.26. The van der Waals surface area contributed by atoms with Crippen LogP contribution in [0.2, 0.25) is 0 Å². The SMILES string of the molecule is CCOC(=O)C1=C(C)C=C2SCC(=O)N2C1c1ccc(OC)cc1OC. The summed E-state index contributed by atoms with van der Waals surface area (Å²) in [4.78, 5) is 26.9. The average Bonchev–Trinajstić information content (AvgIpc) is 3.00. The molecule has 1 aromatic carbocycles. The lowest BCUT2D eigenvalue weighted by Crippen LogP contribution is -2.36. The number of thioether (sulfide) groups is 1. The molecular formula is C19H21NO5S. The molecule has 0 aromatic heterocycles. The van der Waals surface area contributed by atoms with Gasteiger partial charge < -0.3 is 14.2 Å². The van der Waals surface area contributed by atoms with Crippen LogP contribution < -0.4 is 9.47 Å². The van der Waals surface area contributed by atoms with Crippen LogP contribution in [0.5, 0.6) is 11.5 Å². The Hall–Kier alpha value is -2.41. The predicted octanol–water partition coefficient (Wildman–Crippen LogP) is 3.05. The molecule has 1 atom stereocenters. The van der Waals surface area contributed by atoms with Gasteiger partial charge in [-0.15, -0.1) is 0 Å². The van der Waals surface area contributed by atoms with Gasteiger partial charge in [0, 0.05) is 11.6 Å². The molecule has 3 rings (SSSR count). The molecule has 0 aliphatic carbocycles. The van der Waals surface area contributed by atoms with Crippen molar-refractivity contribution in [2.75, 3.05) is 26.6 Å². The number of esters is 1. The number of hydrogen-bond donors (Lipinski definition) is 0. The monoisotopic (exact) mass is 375 g/mol. The Morgan fingerprint density at radius 3 is 2.73 bits per heavy atom. The molecule has 0 N–H and O–H groups in total. The number of benzene rings is 1. The number of ether oxygens (including phenoxy) is 3. The largest absolute Gasteiger partial charge is 0.497 e. The summed E-state index contributed by atoms with van der Waals surface area (Å²) in [6.07, 6.45) is 1.87. The van der Waals surface area contributed by atoms with Crippen LogP contribution >= 0.6 is 11.8 Å². The third kappa shape index (κ3) is 3.07. The van der Waals surface area contributed by atoms with Crippen molar-refractivity contribution in [3.8, 4) is 11.5 Å². The van der Waals surface area contributed by atoms with Crippen molar-refractivity contribution in [3.05, 3.63) is 46.0 Å². The molecule has 7 heteroatoms. The number of carbonyl (C=O) groups is 2. The number of carbonyl (C=O) groups excluding carboxylic acids is 2. The van der Waals surface area contributed by atoms with E-state index in [2.05, 4.69) is 0 Å². The predicted molar refractivity (Wildman–Crippen MR) is 99.0 cm³/mol. The van der Waals surface area contributed by atoms with E-state index in [0.29, 0.717) is 22.8 Å². The van der Waals surface area contributed by atoms with Gasteiger partial charge >= 0.3 is 5.97 Å². The van der Waals surface area contributed by atoms with Crippen molar-refractivity contribution >= 4 is 23.6 Å². The summed E-state index contributed by atoms with van der Waals surface area (Å²) in [5.74, 6) is 1.07. The van der Waals surface area contributed by atoms with Crippen LogP contribution in [-0.2, 0) is 14.3 Å². The van der Waals surface area contributed by atoms with Crippen molar-refractivity contribution in [1.29, 1.82) is 0 Å². The quantitative estimate of drug-likeness (QED) is 0.737. The number of nitrogens with zero attached hydrogens (tertiary/aromatic N) is 1. The van der Waals surface area contributed by atoms with E-state index in [1.807, 2.05) is 19.1 Å². The lowest BCUT2D eigenvalue weighted by Gasteiger charge is -2.34. The smallest absolute Gasteiger partial charge is 0.336 e. The highest BCUT2D eigenvalue weighted by Crippen LogP contribution is 2.48. The molecule has 2 aliphatic heterocycles. The summed E-state index contributed by atoms with van der Waals surface area (Å²) in [6.45, 7) is 3.89. The maximum Gasteiger partial charge on any atom is 0.336 e. The van der Waals surface area contributed by atoms with Crippen molar-refractivity contribution < 1.29 is 23.8 Å². The van der Waals surface area contributed by atoms with E-state index < -0.39 is 12.0 Å². The Balaban J connectivity index is 2.18. The highest BCUT2D eigenvalue weighted by Gasteiger charge is 2.43. The Bertz CT molecular complexity index is 814. The highest BCUT2D eigenvalue weighted by molar-refractivity contribution is 8.04. The molecule has 1 saturated heterocycles. The van der Waals surface area contributed by atoms with Crippen LogP contribution in [0.3, 0.4) is 0 Å². The second-order valence-corrected chi connectivity index (χ2v) is 6.86. The van der Waals surface area contributed by atoms with Crippen LogP contribution in [0.25, 0.3) is 0 Å². The topological polar surface area (TPSA) is 65.1 Å². The Labute approximate surface area is 156 Å². The normalized spacial score (nSPS) is 19.2. The van der Waals surface area contributed by atoms with Crippen LogP contribution in [0, 0.1) is 0 Å². The zero-order chi connectivity index (χ0) is 18.8. The molecule has 2 aliphatic rings. The van der Waals surface area contributed by atoms with E-state index in [-0.39, 0.29) is 12.5 Å². The Morgan fingerprint density at radius 1 is 1.31 bits per heavy atom. The van der Waals surface area contributed by atoms with Crippen LogP contribution in [-0.4, -0.2) is 43.4 Å². The fraction of sp³-hybridized carbons (Fsp3) is 0.368. The van der Waals surface area contributed by atoms with Gasteiger partial charge in [0.2, 0.25) is 5.91 Å². The zero-order valence-corrected chi connectivity index (χ0v) is 16.0. The van der Waals surface area contributed by atoms with Crippen LogP contribution in [0.4, 0.5) is 0 Å². The molecule has 138 valence electrons. The van der Waals surface area contributed by atoms with Gasteiger partial charge in [-0.2, -0.15) is 0 Å². The molecule has 1 amide bonds. The van der Waals surface area contributed by atoms with Crippen molar-refractivity contribution in [2.45, 2.75) is 19.9 Å². The van der Waals surface area contributed by atoms with Gasteiger partial charge in [-0.25, -0.2) is 4.79 Å². The van der Waals surface area contributed by atoms with Crippen molar-refractivity contribution in [2.24, 2.45) is 0 Å². The first-order valence-electron chi connectivity index (χ1n) is 8.28. The van der Waals surface area contributed by atoms with Crippen molar-refractivity contribution in [1.82, 2.24) is 4.90 Å². The van der Waals surface area contributed by atoms with Crippen LogP contribution in [0.1, 0.15) is 25.5 Å². The second kappa shape index (κ2) is 7.45. The number of methoxy groups -OCH3 is 2. The summed E-state index contributed by atoms with van der Waals surface area (Å²) < 4.78 is 16.1. The fourth-order valence-electron chi connectivity index (χ4n) is 3.21. The molecule has 0 bridgehead atoms. The third-order valence-corrected chi connectivity index (χ3v) is 5.38. The Kier molecular flexibility index (Phi) is 5.27. The van der Waals surface area contributed by atoms with Gasteiger partial charge in [-0.3, -0.25) is 9.69 Å². The van der Waals surface area contributed by atoms with Gasteiger partial charge in [0.15, 0.2) is 0 Å². The number of amides is 1. The van der Waals surface area contributed by atoms with Crippen molar-refractivity contribution in [3.63, 3.8) is 0 Å². The number of allylic oxidation sites excluding steroid dienone is 2. The molecule has 6 nitrogen and oxygen atoms in total. The maximum atomic E-state index is 12.7. The van der Waals surface area contributed by atoms with E-state index >= 15 is 0 Å². The summed E-state index contributed by atoms with van der Waals surface area (Å²) in [7, 11) is 3.13. The van der Waals surface area contributed by atoms with E-state index in [9.17, 15) is 9.59 Å². The molecule has 2 heterocycles. The minimum Gasteiger partial charge on any atom is -0.497 e. The second-order valence-electron chi connectivity index (χ2n) is 5.86. The summed E-state index contributed by atoms with van der Waals surface area (Å²) in [5, 5.41) is 0.836. The summed E-state index contributed by atoms with van der Waals surface area (Å²) in [6, 6.07) is 4.78. The van der Waals surface area contributed by atoms with E-state index in [4.69, 9.17) is 14.2 Å². The Morgan fingerprint density at radius 2 is 2.08 bits per heavy atom. The summed E-state index contributed by atoms with van der Waals surface area (Å²) in [5.41, 5.74) is 1.96. The molecule has 26 heavy (non-hydrogen) atoms. The molecule has 0 saturated carbocycles. The molecule has 1 aromatic rings. The summed E-state index contributed by atoms with van der Waals surface area (Å²) >= 11 is 1.47. The first-order chi connectivity index (χ1) is 12.5. The maximum absolute atomic E-state index is 12.7. The minimum atomic E-state index is -0.586.